The smallest absolute Gasteiger partial charge is 0.410 e. The van der Waals surface area contributed by atoms with E-state index in [9.17, 15) is 4.79 Å². The Morgan fingerprint density at radius 1 is 1.35 bits per heavy atom. The molecule has 0 N–H and O–H groups in total. The summed E-state index contributed by atoms with van der Waals surface area (Å²) in [6.07, 6.45) is 1.82. The second kappa shape index (κ2) is 5.67. The molecule has 23 heavy (non-hydrogen) atoms. The van der Waals surface area contributed by atoms with Gasteiger partial charge in [0.2, 0.25) is 0 Å². The SMILES string of the molecule is Cc1cc(Cl)nnc1N1C=C2CN(C(=O)OC(C)(C)C)CC2C1. The van der Waals surface area contributed by atoms with Gasteiger partial charge in [-0.15, -0.1) is 10.2 Å². The highest BCUT2D eigenvalue weighted by atomic mass is 35.5. The van der Waals surface area contributed by atoms with E-state index in [-0.39, 0.29) is 6.09 Å². The molecule has 1 saturated heterocycles. The number of halogens is 1. The topological polar surface area (TPSA) is 58.6 Å². The van der Waals surface area contributed by atoms with E-state index < -0.39 is 5.60 Å². The van der Waals surface area contributed by atoms with Gasteiger partial charge in [-0.05, 0) is 44.9 Å². The van der Waals surface area contributed by atoms with Gasteiger partial charge in [-0.2, -0.15) is 0 Å². The molecule has 0 bridgehead atoms. The molecule has 0 saturated carbocycles. The lowest BCUT2D eigenvalue weighted by Gasteiger charge is -2.25. The van der Waals surface area contributed by atoms with Crippen LogP contribution in [0.1, 0.15) is 26.3 Å². The quantitative estimate of drug-likeness (QED) is 0.789. The Morgan fingerprint density at radius 3 is 2.70 bits per heavy atom. The molecule has 1 amide bonds. The zero-order valence-corrected chi connectivity index (χ0v) is 14.6. The first-order valence-corrected chi connectivity index (χ1v) is 8.06. The minimum Gasteiger partial charge on any atom is -0.444 e. The fraction of sp³-hybridized carbons (Fsp3) is 0.562. The van der Waals surface area contributed by atoms with Crippen LogP contribution in [-0.4, -0.2) is 46.4 Å². The van der Waals surface area contributed by atoms with Crippen molar-refractivity contribution in [2.75, 3.05) is 24.5 Å². The third-order valence-electron chi connectivity index (χ3n) is 3.93. The molecule has 1 aromatic rings. The van der Waals surface area contributed by atoms with Crippen LogP contribution in [0.5, 0.6) is 0 Å². The number of carbonyl (C=O) groups excluding carboxylic acids is 1. The highest BCUT2D eigenvalue weighted by Crippen LogP contribution is 2.33. The molecular formula is C16H21ClN4O2. The number of rotatable bonds is 1. The summed E-state index contributed by atoms with van der Waals surface area (Å²) in [6, 6.07) is 1.81. The number of aryl methyl sites for hydroxylation is 1. The van der Waals surface area contributed by atoms with Crippen LogP contribution in [0.4, 0.5) is 10.6 Å². The van der Waals surface area contributed by atoms with E-state index in [1.54, 1.807) is 4.90 Å². The van der Waals surface area contributed by atoms with Crippen molar-refractivity contribution in [3.63, 3.8) is 0 Å². The monoisotopic (exact) mass is 336 g/mol. The van der Waals surface area contributed by atoms with Crippen LogP contribution in [0.3, 0.4) is 0 Å². The molecule has 2 aliphatic heterocycles. The Bertz CT molecular complexity index is 669. The van der Waals surface area contributed by atoms with Gasteiger partial charge in [-0.1, -0.05) is 11.6 Å². The van der Waals surface area contributed by atoms with Crippen molar-refractivity contribution in [1.82, 2.24) is 15.1 Å². The van der Waals surface area contributed by atoms with Gasteiger partial charge in [0.25, 0.3) is 0 Å². The zero-order chi connectivity index (χ0) is 16.8. The Labute approximate surface area is 141 Å². The number of likely N-dealkylation sites (tertiary alicyclic amines) is 1. The molecule has 3 heterocycles. The van der Waals surface area contributed by atoms with Crippen LogP contribution in [0.25, 0.3) is 0 Å². The normalized spacial score (nSPS) is 20.6. The second-order valence-corrected chi connectivity index (χ2v) is 7.48. The van der Waals surface area contributed by atoms with Crippen LogP contribution in [0.15, 0.2) is 17.8 Å². The van der Waals surface area contributed by atoms with Gasteiger partial charge in [-0.3, -0.25) is 0 Å². The number of fused-ring (bicyclic) bond motifs is 1. The summed E-state index contributed by atoms with van der Waals surface area (Å²) in [4.78, 5) is 16.0. The predicted molar refractivity (Wildman–Crippen MR) is 88.5 cm³/mol. The summed E-state index contributed by atoms with van der Waals surface area (Å²) in [6.45, 7) is 9.69. The van der Waals surface area contributed by atoms with Crippen molar-refractivity contribution in [3.05, 3.63) is 28.6 Å². The average molecular weight is 337 g/mol. The summed E-state index contributed by atoms with van der Waals surface area (Å²) in [5.41, 5.74) is 1.75. The summed E-state index contributed by atoms with van der Waals surface area (Å²) in [5.74, 6) is 1.14. The molecule has 3 rings (SSSR count). The van der Waals surface area contributed by atoms with Crippen molar-refractivity contribution in [3.8, 4) is 0 Å². The van der Waals surface area contributed by atoms with Crippen LogP contribution < -0.4 is 4.90 Å². The molecule has 1 atom stereocenters. The lowest BCUT2D eigenvalue weighted by atomic mass is 10.1. The summed E-state index contributed by atoms with van der Waals surface area (Å²) in [5, 5.41) is 8.50. The average Bonchev–Trinajstić information content (AvgIpc) is 2.94. The van der Waals surface area contributed by atoms with Crippen LogP contribution in [0.2, 0.25) is 5.15 Å². The molecule has 1 unspecified atom stereocenters. The van der Waals surface area contributed by atoms with Gasteiger partial charge in [0, 0.05) is 31.8 Å². The van der Waals surface area contributed by atoms with E-state index in [4.69, 9.17) is 16.3 Å². The molecular weight excluding hydrogens is 316 g/mol. The first-order chi connectivity index (χ1) is 10.7. The maximum absolute atomic E-state index is 12.2. The number of hydrogen-bond acceptors (Lipinski definition) is 5. The maximum Gasteiger partial charge on any atom is 0.410 e. The van der Waals surface area contributed by atoms with E-state index in [2.05, 4.69) is 21.3 Å². The second-order valence-electron chi connectivity index (χ2n) is 7.09. The summed E-state index contributed by atoms with van der Waals surface area (Å²) in [7, 11) is 0. The van der Waals surface area contributed by atoms with E-state index in [1.807, 2.05) is 33.8 Å². The number of carbonyl (C=O) groups is 1. The molecule has 0 radical (unpaired) electrons. The third kappa shape index (κ3) is 3.42. The number of hydrogen-bond donors (Lipinski definition) is 0. The van der Waals surface area contributed by atoms with Gasteiger partial charge in [0.1, 0.15) is 5.60 Å². The first-order valence-electron chi connectivity index (χ1n) is 7.68. The fourth-order valence-electron chi connectivity index (χ4n) is 2.95. The van der Waals surface area contributed by atoms with Gasteiger partial charge >= 0.3 is 6.09 Å². The summed E-state index contributed by atoms with van der Waals surface area (Å²) >= 11 is 5.86. The Morgan fingerprint density at radius 2 is 2.09 bits per heavy atom. The molecule has 2 aliphatic rings. The minimum atomic E-state index is -0.467. The largest absolute Gasteiger partial charge is 0.444 e. The van der Waals surface area contributed by atoms with Gasteiger partial charge in [-0.25, -0.2) is 4.79 Å². The predicted octanol–water partition coefficient (Wildman–Crippen LogP) is 3.01. The highest BCUT2D eigenvalue weighted by Gasteiger charge is 2.38. The van der Waals surface area contributed by atoms with Gasteiger partial charge in [0.05, 0.1) is 0 Å². The van der Waals surface area contributed by atoms with Gasteiger partial charge in [0.15, 0.2) is 11.0 Å². The molecule has 1 fully saturated rings. The van der Waals surface area contributed by atoms with E-state index in [0.717, 1.165) is 17.9 Å². The van der Waals surface area contributed by atoms with Crippen molar-refractivity contribution in [2.45, 2.75) is 33.3 Å². The van der Waals surface area contributed by atoms with Gasteiger partial charge < -0.3 is 14.5 Å². The molecule has 124 valence electrons. The Kier molecular flexibility index (Phi) is 3.96. The lowest BCUT2D eigenvalue weighted by molar-refractivity contribution is 0.0291. The fourth-order valence-corrected chi connectivity index (χ4v) is 3.15. The van der Waals surface area contributed by atoms with Crippen LogP contribution in [0, 0.1) is 12.8 Å². The van der Waals surface area contributed by atoms with Crippen LogP contribution in [-0.2, 0) is 4.74 Å². The van der Waals surface area contributed by atoms with E-state index >= 15 is 0 Å². The van der Waals surface area contributed by atoms with Crippen molar-refractivity contribution in [1.29, 1.82) is 0 Å². The molecule has 1 aromatic heterocycles. The molecule has 0 aliphatic carbocycles. The minimum absolute atomic E-state index is 0.248. The number of amides is 1. The third-order valence-corrected chi connectivity index (χ3v) is 4.11. The molecule has 0 aromatic carbocycles. The van der Waals surface area contributed by atoms with Crippen molar-refractivity contribution in [2.24, 2.45) is 5.92 Å². The number of anilines is 1. The number of nitrogens with zero attached hydrogens (tertiary/aromatic N) is 4. The Hall–Kier alpha value is -1.82. The first kappa shape index (κ1) is 16.1. The maximum atomic E-state index is 12.2. The van der Waals surface area contributed by atoms with Crippen LogP contribution >= 0.6 is 11.6 Å². The van der Waals surface area contributed by atoms with E-state index in [0.29, 0.717) is 24.2 Å². The highest BCUT2D eigenvalue weighted by molar-refractivity contribution is 6.29. The molecule has 6 nitrogen and oxygen atoms in total. The number of ether oxygens (including phenoxy) is 1. The lowest BCUT2D eigenvalue weighted by Crippen LogP contribution is -2.36. The summed E-state index contributed by atoms with van der Waals surface area (Å²) < 4.78 is 5.44. The molecule has 0 spiro atoms. The Balaban J connectivity index is 1.70. The zero-order valence-electron chi connectivity index (χ0n) is 13.8. The standard InChI is InChI=1S/C16H21ClN4O2/c1-10-5-13(17)18-19-14(10)20-6-11-8-21(9-12(11)7-20)15(22)23-16(2,3)4/h5-6,12H,7-9H2,1-4H3. The van der Waals surface area contributed by atoms with Crippen molar-refractivity contribution < 1.29 is 9.53 Å². The molecule has 7 heteroatoms. The van der Waals surface area contributed by atoms with Crippen molar-refractivity contribution >= 4 is 23.5 Å². The number of aromatic nitrogens is 2. The van der Waals surface area contributed by atoms with E-state index in [1.165, 1.54) is 5.57 Å².